The van der Waals surface area contributed by atoms with Gasteiger partial charge in [0.25, 0.3) is 0 Å². The average molecular weight is 218 g/mol. The topological polar surface area (TPSA) is 32.3 Å². The second-order valence-electron chi connectivity index (χ2n) is 2.95. The molecule has 14 heavy (non-hydrogen) atoms. The molecule has 0 unspecified atom stereocenters. The fraction of sp³-hybridized carbons (Fsp3) is 0.833. The summed E-state index contributed by atoms with van der Waals surface area (Å²) < 4.78 is 59.9. The first-order valence-electron chi connectivity index (χ1n) is 3.66. The fourth-order valence-electron chi connectivity index (χ4n) is 0.997. The summed E-state index contributed by atoms with van der Waals surface area (Å²) in [5, 5.41) is 2.13. The zero-order valence-corrected chi connectivity index (χ0v) is 6.87. The highest BCUT2D eigenvalue weighted by molar-refractivity contribution is 5.79. The molecule has 3 nitrogen and oxygen atoms in total. The lowest BCUT2D eigenvalue weighted by atomic mass is 10.3. The van der Waals surface area contributed by atoms with Crippen LogP contribution in [0.15, 0.2) is 0 Å². The molecule has 1 saturated heterocycles. The minimum absolute atomic E-state index is 0.273. The first-order chi connectivity index (χ1) is 6.22. The van der Waals surface area contributed by atoms with Crippen molar-refractivity contribution in [3.8, 4) is 0 Å². The van der Waals surface area contributed by atoms with E-state index in [1.807, 2.05) is 0 Å². The Balaban J connectivity index is 2.55. The molecule has 1 aliphatic heterocycles. The van der Waals surface area contributed by atoms with Gasteiger partial charge in [-0.2, -0.15) is 22.0 Å². The van der Waals surface area contributed by atoms with Gasteiger partial charge in [-0.25, -0.2) is 0 Å². The van der Waals surface area contributed by atoms with Crippen molar-refractivity contribution >= 4 is 5.91 Å². The Morgan fingerprint density at radius 1 is 1.29 bits per heavy atom. The molecule has 0 aromatic rings. The van der Waals surface area contributed by atoms with Crippen LogP contribution in [0.2, 0.25) is 0 Å². The van der Waals surface area contributed by atoms with Gasteiger partial charge in [0.2, 0.25) is 5.91 Å². The SMILES string of the molecule is O=C1CN(CC(F)(F)C(F)(F)F)CN1. The summed E-state index contributed by atoms with van der Waals surface area (Å²) in [7, 11) is 0. The van der Waals surface area contributed by atoms with E-state index in [-0.39, 0.29) is 6.67 Å². The van der Waals surface area contributed by atoms with Gasteiger partial charge in [-0.1, -0.05) is 0 Å². The van der Waals surface area contributed by atoms with Gasteiger partial charge in [0.15, 0.2) is 0 Å². The number of rotatable bonds is 2. The quantitative estimate of drug-likeness (QED) is 0.687. The molecular formula is C6H7F5N2O. The fourth-order valence-corrected chi connectivity index (χ4v) is 0.997. The van der Waals surface area contributed by atoms with Crippen LogP contribution in [-0.2, 0) is 4.79 Å². The van der Waals surface area contributed by atoms with E-state index in [1.54, 1.807) is 0 Å². The summed E-state index contributed by atoms with van der Waals surface area (Å²) in [4.78, 5) is 11.2. The van der Waals surface area contributed by atoms with Gasteiger partial charge >= 0.3 is 12.1 Å². The number of nitrogens with zero attached hydrogens (tertiary/aromatic N) is 1. The lowest BCUT2D eigenvalue weighted by Crippen LogP contribution is -2.46. The molecule has 0 aliphatic carbocycles. The van der Waals surface area contributed by atoms with Gasteiger partial charge in [0.05, 0.1) is 19.8 Å². The maximum absolute atomic E-state index is 12.4. The lowest BCUT2D eigenvalue weighted by molar-refractivity contribution is -0.285. The zero-order valence-electron chi connectivity index (χ0n) is 6.87. The standard InChI is InChI=1S/C6H7F5N2O/c7-5(8,6(9,10)11)2-13-1-4(14)12-3-13/h1-3H2,(H,12,14). The second-order valence-corrected chi connectivity index (χ2v) is 2.95. The summed E-state index contributed by atoms with van der Waals surface area (Å²) in [6.45, 7) is -2.19. The number of carbonyl (C=O) groups is 1. The minimum Gasteiger partial charge on any atom is -0.342 e. The Kier molecular flexibility index (Phi) is 2.66. The second kappa shape index (κ2) is 3.34. The molecule has 1 N–H and O–H groups in total. The molecule has 8 heteroatoms. The molecule has 0 bridgehead atoms. The van der Waals surface area contributed by atoms with Gasteiger partial charge < -0.3 is 5.32 Å². The number of hydrogen-bond acceptors (Lipinski definition) is 2. The van der Waals surface area contributed by atoms with Gasteiger partial charge in [0.1, 0.15) is 0 Å². The van der Waals surface area contributed by atoms with Crippen LogP contribution in [-0.4, -0.2) is 42.7 Å². The zero-order chi connectivity index (χ0) is 11.0. The Hall–Kier alpha value is -0.920. The molecule has 0 radical (unpaired) electrons. The molecule has 1 amide bonds. The third kappa shape index (κ3) is 2.31. The summed E-state index contributed by atoms with van der Waals surface area (Å²) in [6, 6.07) is 0. The maximum atomic E-state index is 12.4. The van der Waals surface area contributed by atoms with Crippen LogP contribution in [0.3, 0.4) is 0 Å². The van der Waals surface area contributed by atoms with Crippen molar-refractivity contribution in [2.75, 3.05) is 19.8 Å². The van der Waals surface area contributed by atoms with Gasteiger partial charge in [-0.3, -0.25) is 9.69 Å². The van der Waals surface area contributed by atoms with E-state index in [4.69, 9.17) is 0 Å². The number of amides is 1. The minimum atomic E-state index is -5.57. The third-order valence-electron chi connectivity index (χ3n) is 1.70. The van der Waals surface area contributed by atoms with Crippen LogP contribution in [0.4, 0.5) is 22.0 Å². The number of hydrogen-bond donors (Lipinski definition) is 1. The molecule has 1 fully saturated rings. The van der Waals surface area contributed by atoms with Crippen molar-refractivity contribution in [1.82, 2.24) is 10.2 Å². The highest BCUT2D eigenvalue weighted by Gasteiger charge is 2.58. The van der Waals surface area contributed by atoms with E-state index in [0.717, 1.165) is 0 Å². The van der Waals surface area contributed by atoms with Crippen molar-refractivity contribution in [2.24, 2.45) is 0 Å². The molecule has 0 saturated carbocycles. The molecule has 0 aromatic carbocycles. The van der Waals surface area contributed by atoms with E-state index in [1.165, 1.54) is 0 Å². The van der Waals surface area contributed by atoms with Crippen LogP contribution in [0.25, 0.3) is 0 Å². The highest BCUT2D eigenvalue weighted by Crippen LogP contribution is 2.35. The van der Waals surface area contributed by atoms with Crippen molar-refractivity contribution in [3.05, 3.63) is 0 Å². The van der Waals surface area contributed by atoms with Crippen molar-refractivity contribution in [1.29, 1.82) is 0 Å². The Morgan fingerprint density at radius 3 is 2.21 bits per heavy atom. The van der Waals surface area contributed by atoms with Gasteiger partial charge in [-0.15, -0.1) is 0 Å². The molecule has 0 atom stereocenters. The van der Waals surface area contributed by atoms with E-state index in [9.17, 15) is 26.7 Å². The van der Waals surface area contributed by atoms with E-state index in [0.29, 0.717) is 4.90 Å². The third-order valence-corrected chi connectivity index (χ3v) is 1.70. The molecule has 82 valence electrons. The Morgan fingerprint density at radius 2 is 1.86 bits per heavy atom. The summed E-state index contributed by atoms with van der Waals surface area (Å²) in [6.07, 6.45) is -5.57. The highest BCUT2D eigenvalue weighted by atomic mass is 19.4. The molecule has 0 aromatic heterocycles. The first-order valence-corrected chi connectivity index (χ1v) is 3.66. The van der Waals surface area contributed by atoms with Crippen LogP contribution < -0.4 is 5.32 Å². The lowest BCUT2D eigenvalue weighted by Gasteiger charge is -2.23. The van der Waals surface area contributed by atoms with Crippen LogP contribution in [0.5, 0.6) is 0 Å². The van der Waals surface area contributed by atoms with Gasteiger partial charge in [-0.05, 0) is 0 Å². The number of nitrogens with one attached hydrogen (secondary N) is 1. The molecular weight excluding hydrogens is 211 g/mol. The van der Waals surface area contributed by atoms with Crippen molar-refractivity contribution in [2.45, 2.75) is 12.1 Å². The number of halogens is 5. The largest absolute Gasteiger partial charge is 0.454 e. The van der Waals surface area contributed by atoms with Crippen molar-refractivity contribution < 1.29 is 26.7 Å². The van der Waals surface area contributed by atoms with E-state index in [2.05, 4.69) is 5.32 Å². The molecule has 1 aliphatic rings. The first kappa shape index (κ1) is 11.2. The molecule has 0 spiro atoms. The Labute approximate surface area is 75.9 Å². The van der Waals surface area contributed by atoms with E-state index < -0.39 is 31.1 Å². The van der Waals surface area contributed by atoms with Gasteiger partial charge in [0, 0.05) is 0 Å². The van der Waals surface area contributed by atoms with E-state index >= 15 is 0 Å². The van der Waals surface area contributed by atoms with Crippen molar-refractivity contribution in [3.63, 3.8) is 0 Å². The predicted octanol–water partition coefficient (Wildman–Crippen LogP) is 0.573. The number of carbonyl (C=O) groups excluding carboxylic acids is 1. The maximum Gasteiger partial charge on any atom is 0.454 e. The molecule has 1 rings (SSSR count). The predicted molar refractivity (Wildman–Crippen MR) is 35.6 cm³/mol. The average Bonchev–Trinajstić information content (AvgIpc) is 2.31. The Bertz CT molecular complexity index is 239. The monoisotopic (exact) mass is 218 g/mol. The summed E-state index contributed by atoms with van der Waals surface area (Å²) in [5.41, 5.74) is 0. The van der Waals surface area contributed by atoms with Crippen LogP contribution >= 0.6 is 0 Å². The summed E-state index contributed by atoms with van der Waals surface area (Å²) >= 11 is 0. The summed E-state index contributed by atoms with van der Waals surface area (Å²) in [5.74, 6) is -5.33. The van der Waals surface area contributed by atoms with Crippen LogP contribution in [0, 0.1) is 0 Å². The smallest absolute Gasteiger partial charge is 0.342 e. The number of alkyl halides is 5. The van der Waals surface area contributed by atoms with Crippen LogP contribution in [0.1, 0.15) is 0 Å². The normalized spacial score (nSPS) is 19.9. The molecule has 1 heterocycles.